The Labute approximate surface area is 165 Å². The molecule has 1 N–H and O–H groups in total. The summed E-state index contributed by atoms with van der Waals surface area (Å²) in [7, 11) is -4.05. The van der Waals surface area contributed by atoms with Crippen LogP contribution in [0.5, 0.6) is 0 Å². The summed E-state index contributed by atoms with van der Waals surface area (Å²) in [4.78, 5) is 6.72. The van der Waals surface area contributed by atoms with Gasteiger partial charge in [-0.1, -0.05) is 35.9 Å². The molecule has 0 fully saturated rings. The lowest BCUT2D eigenvalue weighted by Crippen LogP contribution is -2.14. The molecule has 3 aromatic rings. The smallest absolute Gasteiger partial charge is 0.277 e. The molecule has 0 unspecified atom stereocenters. The lowest BCUT2D eigenvalue weighted by atomic mass is 10.1. The summed E-state index contributed by atoms with van der Waals surface area (Å²) in [5.74, 6) is -0.753. The van der Waals surface area contributed by atoms with Gasteiger partial charge in [-0.3, -0.25) is 4.72 Å². The molecule has 9 heteroatoms. The van der Waals surface area contributed by atoms with Gasteiger partial charge in [-0.2, -0.15) is 4.39 Å². The molecule has 3 rings (SSSR count). The second kappa shape index (κ2) is 8.04. The first kappa shape index (κ1) is 19.9. The van der Waals surface area contributed by atoms with Crippen molar-refractivity contribution in [3.05, 3.63) is 82.4 Å². The van der Waals surface area contributed by atoms with Crippen molar-refractivity contribution in [3.63, 3.8) is 0 Å². The minimum absolute atomic E-state index is 0.0354. The quantitative estimate of drug-likeness (QED) is 0.607. The Hall–Kier alpha value is -2.84. The number of anilines is 1. The van der Waals surface area contributed by atoms with Gasteiger partial charge >= 0.3 is 6.08 Å². The molecule has 0 aliphatic rings. The van der Waals surface area contributed by atoms with Gasteiger partial charge in [-0.05, 0) is 42.3 Å². The van der Waals surface area contributed by atoms with E-state index in [1.54, 1.807) is 25.1 Å². The topological polar surface area (TPSA) is 72.0 Å². The average molecular weight is 422 g/mol. The van der Waals surface area contributed by atoms with Gasteiger partial charge in [-0.15, -0.1) is 0 Å². The number of rotatable bonds is 5. The lowest BCUT2D eigenvalue weighted by Gasteiger charge is -2.12. The highest BCUT2D eigenvalue weighted by Crippen LogP contribution is 2.27. The average Bonchev–Trinajstić information content (AvgIpc) is 2.64. The second-order valence-electron chi connectivity index (χ2n) is 5.84. The van der Waals surface area contributed by atoms with Gasteiger partial charge in [0.1, 0.15) is 10.7 Å². The fourth-order valence-corrected chi connectivity index (χ4v) is 3.99. The van der Waals surface area contributed by atoms with Crippen molar-refractivity contribution in [2.45, 2.75) is 11.8 Å². The summed E-state index contributed by atoms with van der Waals surface area (Å²) in [6, 6.07) is 8.46. The molecule has 0 aliphatic heterocycles. The number of hydrogen-bond donors (Lipinski definition) is 1. The SMILES string of the molecule is Cc1cc(NS(=O)(=O)c2ccccc2Cl)c(F)cc1/C=C/c1cnc(F)nc1. The van der Waals surface area contributed by atoms with E-state index < -0.39 is 21.9 Å². The zero-order chi connectivity index (χ0) is 20.3. The molecule has 0 atom stereocenters. The Kier molecular flexibility index (Phi) is 5.71. The van der Waals surface area contributed by atoms with Crippen molar-refractivity contribution in [2.24, 2.45) is 0 Å². The Balaban J connectivity index is 1.88. The normalized spacial score (nSPS) is 11.7. The number of sulfonamides is 1. The van der Waals surface area contributed by atoms with Crippen LogP contribution in [0.3, 0.4) is 0 Å². The van der Waals surface area contributed by atoms with Crippen LogP contribution in [0.25, 0.3) is 12.2 Å². The fraction of sp³-hybridized carbons (Fsp3) is 0.0526. The van der Waals surface area contributed by atoms with Gasteiger partial charge in [0.05, 0.1) is 10.7 Å². The molecule has 2 aromatic carbocycles. The third-order valence-electron chi connectivity index (χ3n) is 3.82. The van der Waals surface area contributed by atoms with E-state index >= 15 is 0 Å². The molecule has 1 heterocycles. The van der Waals surface area contributed by atoms with E-state index in [0.29, 0.717) is 16.7 Å². The highest BCUT2D eigenvalue weighted by atomic mass is 35.5. The summed E-state index contributed by atoms with van der Waals surface area (Å²) >= 11 is 5.92. The Morgan fingerprint density at radius 1 is 1.07 bits per heavy atom. The van der Waals surface area contributed by atoms with Crippen LogP contribution in [0.4, 0.5) is 14.5 Å². The van der Waals surface area contributed by atoms with Crippen molar-refractivity contribution < 1.29 is 17.2 Å². The van der Waals surface area contributed by atoms with Crippen LogP contribution in [0.15, 0.2) is 53.7 Å². The van der Waals surface area contributed by atoms with Gasteiger partial charge < -0.3 is 0 Å². The summed E-state index contributed by atoms with van der Waals surface area (Å²) in [5.41, 5.74) is 1.48. The highest BCUT2D eigenvalue weighted by Gasteiger charge is 2.19. The lowest BCUT2D eigenvalue weighted by molar-refractivity contribution is 0.538. The zero-order valence-electron chi connectivity index (χ0n) is 14.5. The van der Waals surface area contributed by atoms with Crippen LogP contribution in [0, 0.1) is 18.8 Å². The van der Waals surface area contributed by atoms with Crippen LogP contribution >= 0.6 is 11.6 Å². The molecule has 0 aliphatic carbocycles. The first-order valence-corrected chi connectivity index (χ1v) is 9.85. The van der Waals surface area contributed by atoms with E-state index in [2.05, 4.69) is 14.7 Å². The number of nitrogens with zero attached hydrogens (tertiary/aromatic N) is 2. The van der Waals surface area contributed by atoms with Crippen LogP contribution in [-0.2, 0) is 10.0 Å². The van der Waals surface area contributed by atoms with Gasteiger partial charge in [0.15, 0.2) is 0 Å². The van der Waals surface area contributed by atoms with Crippen molar-refractivity contribution in [3.8, 4) is 0 Å². The molecular weight excluding hydrogens is 408 g/mol. The van der Waals surface area contributed by atoms with E-state index in [-0.39, 0.29) is 15.6 Å². The van der Waals surface area contributed by atoms with Crippen LogP contribution in [-0.4, -0.2) is 18.4 Å². The Bertz CT molecular complexity index is 1150. The summed E-state index contributed by atoms with van der Waals surface area (Å²) < 4.78 is 54.4. The van der Waals surface area contributed by atoms with Crippen molar-refractivity contribution >= 4 is 39.5 Å². The molecule has 1 aromatic heterocycles. The van der Waals surface area contributed by atoms with Crippen LogP contribution in [0.1, 0.15) is 16.7 Å². The summed E-state index contributed by atoms with van der Waals surface area (Å²) in [6.45, 7) is 1.70. The van der Waals surface area contributed by atoms with Crippen molar-refractivity contribution in [1.82, 2.24) is 9.97 Å². The monoisotopic (exact) mass is 421 g/mol. The van der Waals surface area contributed by atoms with Gasteiger partial charge in [0, 0.05) is 18.0 Å². The maximum Gasteiger partial charge on any atom is 0.308 e. The van der Waals surface area contributed by atoms with Crippen LogP contribution in [0.2, 0.25) is 5.02 Å². The van der Waals surface area contributed by atoms with Gasteiger partial charge in [0.25, 0.3) is 10.0 Å². The number of aromatic nitrogens is 2. The molecule has 0 radical (unpaired) electrons. The maximum absolute atomic E-state index is 14.5. The molecule has 0 saturated heterocycles. The first-order valence-electron chi connectivity index (χ1n) is 7.99. The minimum atomic E-state index is -4.05. The van der Waals surface area contributed by atoms with Crippen LogP contribution < -0.4 is 4.72 Å². The van der Waals surface area contributed by atoms with Gasteiger partial charge in [0.2, 0.25) is 0 Å². The number of aryl methyl sites for hydroxylation is 1. The molecule has 5 nitrogen and oxygen atoms in total. The second-order valence-corrected chi connectivity index (χ2v) is 7.90. The minimum Gasteiger partial charge on any atom is -0.277 e. The molecule has 28 heavy (non-hydrogen) atoms. The summed E-state index contributed by atoms with van der Waals surface area (Å²) in [6.07, 6.45) is 4.93. The number of halogens is 3. The fourth-order valence-electron chi connectivity index (χ4n) is 2.41. The first-order chi connectivity index (χ1) is 13.3. The zero-order valence-corrected chi connectivity index (χ0v) is 16.1. The summed E-state index contributed by atoms with van der Waals surface area (Å²) in [5, 5.41) is 0.0354. The molecule has 0 saturated carbocycles. The molecule has 0 bridgehead atoms. The van der Waals surface area contributed by atoms with Crippen molar-refractivity contribution in [1.29, 1.82) is 0 Å². The maximum atomic E-state index is 14.5. The Morgan fingerprint density at radius 2 is 1.75 bits per heavy atom. The molecule has 0 spiro atoms. The number of nitrogens with one attached hydrogen (secondary N) is 1. The van der Waals surface area contributed by atoms with Gasteiger partial charge in [-0.25, -0.2) is 22.8 Å². The number of benzene rings is 2. The predicted molar refractivity (Wildman–Crippen MR) is 104 cm³/mol. The van der Waals surface area contributed by atoms with E-state index in [9.17, 15) is 17.2 Å². The number of hydrogen-bond acceptors (Lipinski definition) is 4. The predicted octanol–water partition coefficient (Wildman–Crippen LogP) is 4.69. The van der Waals surface area contributed by atoms with E-state index in [1.165, 1.54) is 42.7 Å². The highest BCUT2D eigenvalue weighted by molar-refractivity contribution is 7.92. The molecule has 0 amide bonds. The largest absolute Gasteiger partial charge is 0.308 e. The third kappa shape index (κ3) is 4.52. The van der Waals surface area contributed by atoms with E-state index in [4.69, 9.17) is 11.6 Å². The molecular formula is C19H14ClF2N3O2S. The third-order valence-corrected chi connectivity index (χ3v) is 5.69. The standard InChI is InChI=1S/C19H14ClF2N3O2S/c1-12-8-17(25-28(26,27)18-5-3-2-4-15(18)20)16(21)9-14(12)7-6-13-10-23-19(22)24-11-13/h2-11,25H,1H3/b7-6+. The molecule has 144 valence electrons. The Morgan fingerprint density at radius 3 is 2.43 bits per heavy atom. The van der Waals surface area contributed by atoms with E-state index in [1.807, 2.05) is 0 Å². The van der Waals surface area contributed by atoms with Crippen molar-refractivity contribution in [2.75, 3.05) is 4.72 Å². The van der Waals surface area contributed by atoms with E-state index in [0.717, 1.165) is 0 Å².